The van der Waals surface area contributed by atoms with Crippen molar-refractivity contribution in [2.24, 2.45) is 11.7 Å². The molecule has 0 spiro atoms. The summed E-state index contributed by atoms with van der Waals surface area (Å²) in [5.41, 5.74) is 6.50. The van der Waals surface area contributed by atoms with E-state index in [2.05, 4.69) is 0 Å². The molecule has 1 aromatic rings. The molecule has 0 radical (unpaired) electrons. The Kier molecular flexibility index (Phi) is 4.30. The van der Waals surface area contributed by atoms with E-state index in [0.717, 1.165) is 6.42 Å². The summed E-state index contributed by atoms with van der Waals surface area (Å²) in [4.78, 5) is 28.3. The highest BCUT2D eigenvalue weighted by molar-refractivity contribution is 6.42. The third kappa shape index (κ3) is 2.81. The van der Waals surface area contributed by atoms with Gasteiger partial charge in [-0.25, -0.2) is 0 Å². The number of hydrogen-bond donors (Lipinski definition) is 1. The summed E-state index contributed by atoms with van der Waals surface area (Å²) in [7, 11) is 0. The van der Waals surface area contributed by atoms with E-state index in [1.54, 1.807) is 28.0 Å². The monoisotopic (exact) mass is 341 g/mol. The minimum atomic E-state index is -0.611. The zero-order chi connectivity index (χ0) is 15.9. The summed E-state index contributed by atoms with van der Waals surface area (Å²) in [5.74, 6) is -0.899. The predicted molar refractivity (Wildman–Crippen MR) is 86.1 cm³/mol. The van der Waals surface area contributed by atoms with Crippen molar-refractivity contribution in [2.75, 3.05) is 24.5 Å². The van der Waals surface area contributed by atoms with Gasteiger partial charge < -0.3 is 15.5 Å². The van der Waals surface area contributed by atoms with Crippen LogP contribution in [0.2, 0.25) is 10.0 Å². The van der Waals surface area contributed by atoms with Crippen LogP contribution in [0.5, 0.6) is 0 Å². The average molecular weight is 342 g/mol. The molecule has 1 aromatic carbocycles. The number of benzene rings is 1. The van der Waals surface area contributed by atoms with Crippen molar-refractivity contribution >= 4 is 40.7 Å². The first-order valence-electron chi connectivity index (χ1n) is 7.28. The van der Waals surface area contributed by atoms with E-state index >= 15 is 0 Å². The van der Waals surface area contributed by atoms with E-state index in [1.807, 2.05) is 0 Å². The summed E-state index contributed by atoms with van der Waals surface area (Å²) >= 11 is 11.9. The van der Waals surface area contributed by atoms with Crippen LogP contribution in [0.3, 0.4) is 0 Å². The Morgan fingerprint density at radius 2 is 1.95 bits per heavy atom. The summed E-state index contributed by atoms with van der Waals surface area (Å²) < 4.78 is 0. The smallest absolute Gasteiger partial charge is 0.239 e. The van der Waals surface area contributed by atoms with Gasteiger partial charge >= 0.3 is 0 Å². The Morgan fingerprint density at radius 1 is 1.18 bits per heavy atom. The van der Waals surface area contributed by atoms with Gasteiger partial charge in [-0.05, 0) is 31.0 Å². The Hall–Kier alpha value is -1.30. The number of halogens is 2. The molecule has 7 heteroatoms. The van der Waals surface area contributed by atoms with Gasteiger partial charge in [-0.15, -0.1) is 0 Å². The summed E-state index contributed by atoms with van der Waals surface area (Å²) in [6, 6.07) is 5.07. The maximum absolute atomic E-state index is 12.6. The minimum absolute atomic E-state index is 0.0200. The van der Waals surface area contributed by atoms with Gasteiger partial charge in [0.2, 0.25) is 11.8 Å². The van der Waals surface area contributed by atoms with Crippen molar-refractivity contribution in [3.8, 4) is 0 Å². The topological polar surface area (TPSA) is 66.6 Å². The lowest BCUT2D eigenvalue weighted by Gasteiger charge is -2.20. The van der Waals surface area contributed by atoms with Gasteiger partial charge in [0.05, 0.1) is 10.0 Å². The maximum atomic E-state index is 12.6. The molecule has 0 aromatic heterocycles. The van der Waals surface area contributed by atoms with Crippen molar-refractivity contribution in [3.63, 3.8) is 0 Å². The fraction of sp³-hybridized carbons (Fsp3) is 0.467. The van der Waals surface area contributed by atoms with Crippen molar-refractivity contribution in [1.82, 2.24) is 4.90 Å². The number of rotatable bonds is 2. The van der Waals surface area contributed by atoms with Gasteiger partial charge in [0.15, 0.2) is 0 Å². The minimum Gasteiger partial charge on any atom is -0.340 e. The van der Waals surface area contributed by atoms with Gasteiger partial charge in [-0.2, -0.15) is 0 Å². The third-order valence-corrected chi connectivity index (χ3v) is 4.99. The van der Waals surface area contributed by atoms with Crippen LogP contribution in [0, 0.1) is 5.92 Å². The van der Waals surface area contributed by atoms with Crippen molar-refractivity contribution in [1.29, 1.82) is 0 Å². The molecule has 0 aliphatic carbocycles. The van der Waals surface area contributed by atoms with Crippen LogP contribution in [-0.2, 0) is 9.59 Å². The molecule has 22 heavy (non-hydrogen) atoms. The fourth-order valence-corrected chi connectivity index (χ4v) is 3.32. The van der Waals surface area contributed by atoms with E-state index < -0.39 is 5.92 Å². The fourth-order valence-electron chi connectivity index (χ4n) is 3.03. The van der Waals surface area contributed by atoms with Gasteiger partial charge in [0.1, 0.15) is 5.92 Å². The number of likely N-dealkylation sites (tertiary alicyclic amines) is 1. The van der Waals surface area contributed by atoms with Crippen LogP contribution < -0.4 is 10.6 Å². The zero-order valence-corrected chi connectivity index (χ0v) is 13.5. The second kappa shape index (κ2) is 6.07. The Balaban J connectivity index is 1.74. The highest BCUT2D eigenvalue weighted by atomic mass is 35.5. The Bertz CT molecular complexity index is 623. The highest BCUT2D eigenvalue weighted by Crippen LogP contribution is 2.32. The lowest BCUT2D eigenvalue weighted by atomic mass is 10.1. The van der Waals surface area contributed by atoms with E-state index in [-0.39, 0.29) is 17.9 Å². The van der Waals surface area contributed by atoms with Crippen LogP contribution in [0.25, 0.3) is 0 Å². The molecular weight excluding hydrogens is 325 g/mol. The van der Waals surface area contributed by atoms with Crippen LogP contribution >= 0.6 is 23.2 Å². The van der Waals surface area contributed by atoms with Crippen LogP contribution in [0.1, 0.15) is 12.8 Å². The molecule has 2 aliphatic rings. The van der Waals surface area contributed by atoms with Crippen molar-refractivity contribution < 1.29 is 9.59 Å². The summed E-state index contributed by atoms with van der Waals surface area (Å²) in [6.45, 7) is 1.68. The third-order valence-electron chi connectivity index (χ3n) is 4.25. The molecule has 0 saturated carbocycles. The SMILES string of the molecule is NC1CCN(C(=O)C2CCN(c3ccc(Cl)c(Cl)c3)C2=O)C1. The number of carbonyl (C=O) groups is 2. The number of nitrogens with two attached hydrogens (primary N) is 1. The van der Waals surface area contributed by atoms with E-state index in [9.17, 15) is 9.59 Å². The van der Waals surface area contributed by atoms with E-state index in [4.69, 9.17) is 28.9 Å². The quantitative estimate of drug-likeness (QED) is 0.835. The summed E-state index contributed by atoms with van der Waals surface area (Å²) in [5, 5.41) is 0.836. The Morgan fingerprint density at radius 3 is 2.59 bits per heavy atom. The van der Waals surface area contributed by atoms with Crippen LogP contribution in [0.4, 0.5) is 5.69 Å². The van der Waals surface area contributed by atoms with Crippen molar-refractivity contribution in [2.45, 2.75) is 18.9 Å². The lowest BCUT2D eigenvalue weighted by Crippen LogP contribution is -2.40. The second-order valence-electron chi connectivity index (χ2n) is 5.76. The molecule has 2 saturated heterocycles. The van der Waals surface area contributed by atoms with Crippen molar-refractivity contribution in [3.05, 3.63) is 28.2 Å². The first-order chi connectivity index (χ1) is 10.5. The molecule has 0 bridgehead atoms. The largest absolute Gasteiger partial charge is 0.340 e. The molecule has 2 heterocycles. The molecule has 2 fully saturated rings. The average Bonchev–Trinajstić information content (AvgIpc) is 3.08. The van der Waals surface area contributed by atoms with Crippen LogP contribution in [-0.4, -0.2) is 42.4 Å². The van der Waals surface area contributed by atoms with Gasteiger partial charge in [-0.1, -0.05) is 23.2 Å². The molecular formula is C15H17Cl2N3O2. The number of amides is 2. The molecule has 2 amide bonds. The predicted octanol–water partition coefficient (Wildman–Crippen LogP) is 1.91. The highest BCUT2D eigenvalue weighted by Gasteiger charge is 2.41. The van der Waals surface area contributed by atoms with E-state index in [1.165, 1.54) is 0 Å². The molecule has 2 atom stereocenters. The number of anilines is 1. The molecule has 118 valence electrons. The zero-order valence-electron chi connectivity index (χ0n) is 12.0. The second-order valence-corrected chi connectivity index (χ2v) is 6.58. The Labute approximate surface area is 138 Å². The molecule has 5 nitrogen and oxygen atoms in total. The summed E-state index contributed by atoms with van der Waals surface area (Å²) in [6.07, 6.45) is 1.31. The normalized spacial score (nSPS) is 25.1. The van der Waals surface area contributed by atoms with Gasteiger partial charge in [0, 0.05) is 31.4 Å². The maximum Gasteiger partial charge on any atom is 0.239 e. The van der Waals surface area contributed by atoms with Gasteiger partial charge in [0.25, 0.3) is 0 Å². The molecule has 2 aliphatic heterocycles. The molecule has 2 unspecified atom stereocenters. The first-order valence-corrected chi connectivity index (χ1v) is 8.04. The standard InChI is InChI=1S/C15H17Cl2N3O2/c16-12-2-1-10(7-13(12)17)20-6-4-11(15(20)22)14(21)19-5-3-9(18)8-19/h1-2,7,9,11H,3-6,8,18H2. The van der Waals surface area contributed by atoms with Crippen LogP contribution in [0.15, 0.2) is 18.2 Å². The lowest BCUT2D eigenvalue weighted by molar-refractivity contribution is -0.139. The van der Waals surface area contributed by atoms with Gasteiger partial charge in [-0.3, -0.25) is 9.59 Å². The molecule has 3 rings (SSSR count). The van der Waals surface area contributed by atoms with E-state index in [0.29, 0.717) is 41.8 Å². The first kappa shape index (κ1) is 15.6. The number of hydrogen-bond acceptors (Lipinski definition) is 3. The molecule has 2 N–H and O–H groups in total. The number of carbonyl (C=O) groups excluding carboxylic acids is 2. The number of nitrogens with zero attached hydrogens (tertiary/aromatic N) is 2.